The predicted molar refractivity (Wildman–Crippen MR) is 400 cm³/mol. The minimum atomic E-state index is -4.96. The van der Waals surface area contributed by atoms with Gasteiger partial charge in [0.15, 0.2) is 12.2 Å². The Hall–Kier alpha value is -1.94. The van der Waals surface area contributed by atoms with E-state index < -0.39 is 97.5 Å². The summed E-state index contributed by atoms with van der Waals surface area (Å²) >= 11 is 0. The van der Waals surface area contributed by atoms with Gasteiger partial charge in [-0.1, -0.05) is 369 Å². The Bertz CT molecular complexity index is 1880. The number of phosphoric ester groups is 2. The van der Waals surface area contributed by atoms with Crippen molar-refractivity contribution in [3.05, 3.63) is 0 Å². The highest BCUT2D eigenvalue weighted by molar-refractivity contribution is 7.47. The second-order valence-electron chi connectivity index (χ2n) is 28.7. The number of aliphatic hydroxyl groups is 1. The first-order chi connectivity index (χ1) is 47.6. The summed E-state index contributed by atoms with van der Waals surface area (Å²) in [4.78, 5) is 72.8. The van der Waals surface area contributed by atoms with Gasteiger partial charge in [0.1, 0.15) is 19.3 Å². The fraction of sp³-hybridized carbons (Fsp3) is 0.949. The van der Waals surface area contributed by atoms with Gasteiger partial charge in [-0.25, -0.2) is 9.13 Å². The predicted octanol–water partition coefficient (Wildman–Crippen LogP) is 23.6. The lowest BCUT2D eigenvalue weighted by Gasteiger charge is -2.21. The Morgan fingerprint density at radius 3 is 0.724 bits per heavy atom. The number of carbonyl (C=O) groups excluding carboxylic acids is 4. The smallest absolute Gasteiger partial charge is 0.462 e. The number of unbranched alkanes of at least 4 members (excludes halogenated alkanes) is 50. The number of aliphatic hydroxyl groups excluding tert-OH is 1. The SMILES string of the molecule is CCCCCCCCCCCCCCCCCCCCCCCC(=O)O[C@H](COC(=O)CCCCCCCCCCCCCCCCCCCC)COP(=O)(O)OC[C@@H](O)COP(=O)(O)OC[C@@H](COC(=O)CCCCCCCCCCC)OC(=O)CCCCCCCCC(C)CC. The summed E-state index contributed by atoms with van der Waals surface area (Å²) in [6.45, 7) is 7.24. The number of rotatable bonds is 79. The van der Waals surface area contributed by atoms with E-state index in [9.17, 15) is 43.2 Å². The van der Waals surface area contributed by atoms with Gasteiger partial charge in [-0.15, -0.1) is 0 Å². The van der Waals surface area contributed by atoms with Crippen molar-refractivity contribution >= 4 is 39.5 Å². The first-order valence-corrected chi connectivity index (χ1v) is 44.2. The third-order valence-corrected chi connectivity index (χ3v) is 20.8. The van der Waals surface area contributed by atoms with Crippen molar-refractivity contribution in [2.24, 2.45) is 5.92 Å². The van der Waals surface area contributed by atoms with Crippen LogP contribution in [0.15, 0.2) is 0 Å². The van der Waals surface area contributed by atoms with Crippen molar-refractivity contribution in [3.63, 3.8) is 0 Å². The van der Waals surface area contributed by atoms with E-state index >= 15 is 0 Å². The highest BCUT2D eigenvalue weighted by atomic mass is 31.2. The van der Waals surface area contributed by atoms with Crippen LogP contribution in [0.4, 0.5) is 0 Å². The Labute approximate surface area is 600 Å². The third kappa shape index (κ3) is 71.1. The molecule has 0 saturated carbocycles. The van der Waals surface area contributed by atoms with Gasteiger partial charge in [-0.05, 0) is 31.6 Å². The molecule has 0 aliphatic heterocycles. The van der Waals surface area contributed by atoms with Crippen LogP contribution in [0.25, 0.3) is 0 Å². The summed E-state index contributed by atoms with van der Waals surface area (Å²) in [5.41, 5.74) is 0. The van der Waals surface area contributed by atoms with E-state index in [0.29, 0.717) is 25.7 Å². The summed E-state index contributed by atoms with van der Waals surface area (Å²) in [6.07, 6.45) is 62.7. The minimum Gasteiger partial charge on any atom is -0.462 e. The van der Waals surface area contributed by atoms with E-state index in [1.165, 1.54) is 244 Å². The Balaban J connectivity index is 5.18. The van der Waals surface area contributed by atoms with Crippen LogP contribution in [-0.4, -0.2) is 96.7 Å². The van der Waals surface area contributed by atoms with E-state index in [4.69, 9.17) is 37.0 Å². The summed E-state index contributed by atoms with van der Waals surface area (Å²) in [6, 6.07) is 0. The highest BCUT2D eigenvalue weighted by Crippen LogP contribution is 2.45. The number of ether oxygens (including phenoxy) is 4. The molecular formula is C79H154O17P2. The van der Waals surface area contributed by atoms with Crippen molar-refractivity contribution < 1.29 is 80.2 Å². The van der Waals surface area contributed by atoms with Gasteiger partial charge in [0, 0.05) is 25.7 Å². The maximum absolute atomic E-state index is 13.1. The molecule has 0 aliphatic rings. The number of carbonyl (C=O) groups is 4. The zero-order valence-corrected chi connectivity index (χ0v) is 65.7. The molecule has 0 amide bonds. The van der Waals surface area contributed by atoms with Crippen molar-refractivity contribution in [1.29, 1.82) is 0 Å². The van der Waals surface area contributed by atoms with Crippen LogP contribution in [0.2, 0.25) is 0 Å². The molecule has 0 aromatic rings. The van der Waals surface area contributed by atoms with Gasteiger partial charge in [0.25, 0.3) is 0 Å². The highest BCUT2D eigenvalue weighted by Gasteiger charge is 2.30. The van der Waals surface area contributed by atoms with Crippen molar-refractivity contribution in [3.8, 4) is 0 Å². The maximum atomic E-state index is 13.1. The van der Waals surface area contributed by atoms with E-state index in [-0.39, 0.29) is 25.7 Å². The van der Waals surface area contributed by atoms with Gasteiger partial charge < -0.3 is 33.8 Å². The average molecular weight is 1440 g/mol. The zero-order chi connectivity index (χ0) is 71.9. The lowest BCUT2D eigenvalue weighted by Crippen LogP contribution is -2.30. The topological polar surface area (TPSA) is 237 Å². The van der Waals surface area contributed by atoms with Crippen molar-refractivity contribution in [2.45, 2.75) is 438 Å². The maximum Gasteiger partial charge on any atom is 0.472 e. The molecule has 17 nitrogen and oxygen atoms in total. The van der Waals surface area contributed by atoms with E-state index in [2.05, 4.69) is 34.6 Å². The second kappa shape index (κ2) is 72.0. The molecule has 3 N–H and O–H groups in total. The Morgan fingerprint density at radius 1 is 0.286 bits per heavy atom. The molecular weight excluding hydrogens is 1280 g/mol. The lowest BCUT2D eigenvalue weighted by molar-refractivity contribution is -0.161. The molecule has 0 aromatic carbocycles. The van der Waals surface area contributed by atoms with Gasteiger partial charge >= 0.3 is 39.5 Å². The van der Waals surface area contributed by atoms with Gasteiger partial charge in [-0.3, -0.25) is 37.3 Å². The fourth-order valence-electron chi connectivity index (χ4n) is 12.2. The van der Waals surface area contributed by atoms with Crippen LogP contribution >= 0.6 is 15.6 Å². The molecule has 0 aromatic heterocycles. The molecule has 0 fully saturated rings. The number of esters is 4. The first kappa shape index (κ1) is 96.1. The molecule has 98 heavy (non-hydrogen) atoms. The molecule has 0 radical (unpaired) electrons. The van der Waals surface area contributed by atoms with Crippen LogP contribution in [0.5, 0.6) is 0 Å². The molecule has 582 valence electrons. The summed E-state index contributed by atoms with van der Waals surface area (Å²) in [5.74, 6) is -1.39. The fourth-order valence-corrected chi connectivity index (χ4v) is 13.8. The molecule has 19 heteroatoms. The summed E-state index contributed by atoms with van der Waals surface area (Å²) < 4.78 is 68.5. The lowest BCUT2D eigenvalue weighted by atomic mass is 10.00. The Morgan fingerprint density at radius 2 is 0.490 bits per heavy atom. The molecule has 0 rings (SSSR count). The van der Waals surface area contributed by atoms with Crippen LogP contribution < -0.4 is 0 Å². The largest absolute Gasteiger partial charge is 0.472 e. The first-order valence-electron chi connectivity index (χ1n) is 41.2. The van der Waals surface area contributed by atoms with E-state index in [1.807, 2.05) is 0 Å². The number of phosphoric acid groups is 2. The standard InChI is InChI=1S/C79H154O17P2/c1-6-10-13-16-19-22-24-26-28-30-32-33-34-36-38-40-42-45-48-54-59-64-78(83)95-74(68-90-77(82)63-58-53-47-44-41-39-37-35-31-29-27-25-23-20-17-14-11-7-2)70-93-97(85,86)91-66-73(80)67-92-98(87,88)94-71-75(69-89-76(81)62-57-52-46-43-21-18-15-12-8-3)96-79(84)65-60-55-50-49-51-56-61-72(5)9-4/h72-75,80H,6-71H2,1-5H3,(H,85,86)(H,87,88)/t72?,73-,74-,75-/m1/s1. The molecule has 0 saturated heterocycles. The molecule has 6 atom stereocenters. The van der Waals surface area contributed by atoms with Crippen LogP contribution in [0.1, 0.15) is 420 Å². The number of hydrogen-bond donors (Lipinski definition) is 3. The second-order valence-corrected chi connectivity index (χ2v) is 31.6. The minimum absolute atomic E-state index is 0.103. The zero-order valence-electron chi connectivity index (χ0n) is 63.9. The monoisotopic (exact) mass is 1440 g/mol. The normalized spacial score (nSPS) is 14.2. The van der Waals surface area contributed by atoms with Crippen molar-refractivity contribution in [1.82, 2.24) is 0 Å². The molecule has 0 spiro atoms. The van der Waals surface area contributed by atoms with Gasteiger partial charge in [0.2, 0.25) is 0 Å². The molecule has 0 aliphatic carbocycles. The van der Waals surface area contributed by atoms with Crippen LogP contribution in [-0.2, 0) is 65.4 Å². The van der Waals surface area contributed by atoms with E-state index in [0.717, 1.165) is 95.8 Å². The third-order valence-electron chi connectivity index (χ3n) is 18.9. The average Bonchev–Trinajstić information content (AvgIpc) is 1.05. The van der Waals surface area contributed by atoms with Gasteiger partial charge in [-0.2, -0.15) is 0 Å². The molecule has 0 heterocycles. The summed E-state index contributed by atoms with van der Waals surface area (Å²) in [7, 11) is -9.91. The quantitative estimate of drug-likeness (QED) is 0.0222. The molecule has 0 bridgehead atoms. The van der Waals surface area contributed by atoms with Crippen LogP contribution in [0, 0.1) is 5.92 Å². The number of hydrogen-bond acceptors (Lipinski definition) is 15. The molecule has 3 unspecified atom stereocenters. The van der Waals surface area contributed by atoms with Gasteiger partial charge in [0.05, 0.1) is 26.4 Å². The van der Waals surface area contributed by atoms with Crippen molar-refractivity contribution in [2.75, 3.05) is 39.6 Å². The van der Waals surface area contributed by atoms with E-state index in [1.54, 1.807) is 0 Å². The Kier molecular flexibility index (Phi) is 70.6. The summed E-state index contributed by atoms with van der Waals surface area (Å²) in [5, 5.41) is 10.6. The van der Waals surface area contributed by atoms with Crippen LogP contribution in [0.3, 0.4) is 0 Å².